The quantitative estimate of drug-likeness (QED) is 0.301. The van der Waals surface area contributed by atoms with Gasteiger partial charge >= 0.3 is 12.1 Å². The van der Waals surface area contributed by atoms with Crippen LogP contribution in [0.5, 0.6) is 10.9 Å². The molecule has 0 bridgehead atoms. The highest BCUT2D eigenvalue weighted by atomic mass is 32.1. The SMILES string of the molecule is COC=C(C(=O)OC)c1ccccc1Oc1nc(-c2cccc(C(F)(F)F)c2)ns1. The Labute approximate surface area is 173 Å². The van der Waals surface area contributed by atoms with Gasteiger partial charge in [0.1, 0.15) is 11.3 Å². The minimum atomic E-state index is -4.47. The van der Waals surface area contributed by atoms with Crippen molar-refractivity contribution in [3.63, 3.8) is 0 Å². The molecule has 3 rings (SSSR count). The fraction of sp³-hybridized carbons (Fsp3) is 0.150. The van der Waals surface area contributed by atoms with E-state index in [1.807, 2.05) is 0 Å². The molecular formula is C20H15F3N2O4S. The molecule has 1 heterocycles. The molecule has 0 atom stereocenters. The van der Waals surface area contributed by atoms with Crippen molar-refractivity contribution in [2.24, 2.45) is 0 Å². The van der Waals surface area contributed by atoms with E-state index < -0.39 is 17.7 Å². The van der Waals surface area contributed by atoms with Gasteiger partial charge in [0, 0.05) is 22.7 Å². The van der Waals surface area contributed by atoms with E-state index >= 15 is 0 Å². The average molecular weight is 436 g/mol. The Balaban J connectivity index is 1.91. The molecule has 156 valence electrons. The molecule has 0 N–H and O–H groups in total. The number of carbonyl (C=O) groups excluding carboxylic acids is 1. The van der Waals surface area contributed by atoms with Crippen molar-refractivity contribution in [1.29, 1.82) is 0 Å². The highest BCUT2D eigenvalue weighted by molar-refractivity contribution is 7.07. The van der Waals surface area contributed by atoms with Crippen molar-refractivity contribution in [2.75, 3.05) is 14.2 Å². The minimum Gasteiger partial charge on any atom is -0.503 e. The normalized spacial score (nSPS) is 11.8. The molecule has 0 radical (unpaired) electrons. The smallest absolute Gasteiger partial charge is 0.416 e. The van der Waals surface area contributed by atoms with Crippen molar-refractivity contribution in [1.82, 2.24) is 9.36 Å². The summed E-state index contributed by atoms with van der Waals surface area (Å²) >= 11 is 0.869. The number of ether oxygens (including phenoxy) is 3. The predicted octanol–water partition coefficient (Wildman–Crippen LogP) is 5.18. The molecule has 1 aromatic heterocycles. The first kappa shape index (κ1) is 21.3. The van der Waals surface area contributed by atoms with Gasteiger partial charge in [0.05, 0.1) is 26.0 Å². The predicted molar refractivity (Wildman–Crippen MR) is 104 cm³/mol. The molecule has 6 nitrogen and oxygen atoms in total. The molecule has 3 aromatic rings. The highest BCUT2D eigenvalue weighted by Crippen LogP contribution is 2.35. The van der Waals surface area contributed by atoms with Gasteiger partial charge in [-0.1, -0.05) is 30.3 Å². The molecule has 0 saturated carbocycles. The molecule has 10 heteroatoms. The van der Waals surface area contributed by atoms with Crippen molar-refractivity contribution < 1.29 is 32.2 Å². The summed E-state index contributed by atoms with van der Waals surface area (Å²) in [6, 6.07) is 11.3. The van der Waals surface area contributed by atoms with E-state index in [1.54, 1.807) is 24.3 Å². The Morgan fingerprint density at radius 2 is 1.87 bits per heavy atom. The Morgan fingerprint density at radius 1 is 1.10 bits per heavy atom. The number of hydrogen-bond acceptors (Lipinski definition) is 7. The number of rotatable bonds is 6. The number of nitrogens with zero attached hydrogens (tertiary/aromatic N) is 2. The fourth-order valence-electron chi connectivity index (χ4n) is 2.52. The Hall–Kier alpha value is -3.40. The second-order valence-corrected chi connectivity index (χ2v) is 6.53. The first-order valence-electron chi connectivity index (χ1n) is 8.43. The van der Waals surface area contributed by atoms with Crippen LogP contribution in [0, 0.1) is 0 Å². The number of esters is 1. The van der Waals surface area contributed by atoms with Crippen LogP contribution in [-0.4, -0.2) is 29.5 Å². The molecule has 0 spiro atoms. The molecule has 0 fully saturated rings. The summed E-state index contributed by atoms with van der Waals surface area (Å²) in [5.41, 5.74) is -0.0750. The molecule has 0 unspecified atom stereocenters. The lowest BCUT2D eigenvalue weighted by molar-refractivity contribution is -0.137. The van der Waals surface area contributed by atoms with Crippen molar-refractivity contribution in [2.45, 2.75) is 6.18 Å². The molecule has 0 aliphatic rings. The van der Waals surface area contributed by atoms with Crippen LogP contribution in [0.4, 0.5) is 13.2 Å². The summed E-state index contributed by atoms with van der Waals surface area (Å²) in [5.74, 6) is -0.257. The number of halogens is 3. The zero-order valence-corrected chi connectivity index (χ0v) is 16.6. The Kier molecular flexibility index (Phi) is 6.36. The highest BCUT2D eigenvalue weighted by Gasteiger charge is 2.30. The first-order chi connectivity index (χ1) is 14.3. The van der Waals surface area contributed by atoms with Gasteiger partial charge in [0.2, 0.25) is 0 Å². The third kappa shape index (κ3) is 4.77. The number of methoxy groups -OCH3 is 2. The second-order valence-electron chi connectivity index (χ2n) is 5.82. The number of hydrogen-bond donors (Lipinski definition) is 0. The van der Waals surface area contributed by atoms with E-state index in [0.717, 1.165) is 23.7 Å². The van der Waals surface area contributed by atoms with Crippen LogP contribution in [0.1, 0.15) is 11.1 Å². The topological polar surface area (TPSA) is 70.5 Å². The van der Waals surface area contributed by atoms with Gasteiger partial charge in [0.25, 0.3) is 5.19 Å². The summed E-state index contributed by atoms with van der Waals surface area (Å²) in [6.07, 6.45) is -3.25. The Bertz CT molecular complexity index is 1080. The van der Waals surface area contributed by atoms with Gasteiger partial charge in [-0.25, -0.2) is 4.79 Å². The van der Waals surface area contributed by atoms with Crippen molar-refractivity contribution in [3.8, 4) is 22.3 Å². The lowest BCUT2D eigenvalue weighted by atomic mass is 10.1. The first-order valence-corrected chi connectivity index (χ1v) is 9.20. The maximum absolute atomic E-state index is 12.9. The molecule has 0 saturated heterocycles. The van der Waals surface area contributed by atoms with Gasteiger partial charge in [0.15, 0.2) is 5.82 Å². The standard InChI is InChI=1S/C20H15F3N2O4S/c1-27-11-15(18(26)28-2)14-8-3-4-9-16(14)29-19-24-17(25-30-19)12-6-5-7-13(10-12)20(21,22)23/h3-11H,1-2H3. The monoisotopic (exact) mass is 436 g/mol. The molecule has 30 heavy (non-hydrogen) atoms. The van der Waals surface area contributed by atoms with Gasteiger partial charge in [-0.2, -0.15) is 22.5 Å². The van der Waals surface area contributed by atoms with Crippen molar-refractivity contribution >= 4 is 23.1 Å². The van der Waals surface area contributed by atoms with Crippen LogP contribution in [0.25, 0.3) is 17.0 Å². The molecule has 0 aliphatic carbocycles. The Morgan fingerprint density at radius 3 is 2.57 bits per heavy atom. The maximum Gasteiger partial charge on any atom is 0.416 e. The average Bonchev–Trinajstić information content (AvgIpc) is 3.20. The van der Waals surface area contributed by atoms with Gasteiger partial charge in [-0.15, -0.1) is 0 Å². The van der Waals surface area contributed by atoms with Crippen LogP contribution < -0.4 is 4.74 Å². The van der Waals surface area contributed by atoms with E-state index in [4.69, 9.17) is 14.2 Å². The van der Waals surface area contributed by atoms with E-state index in [2.05, 4.69) is 9.36 Å². The summed E-state index contributed by atoms with van der Waals surface area (Å²) in [4.78, 5) is 16.2. The molecule has 0 aliphatic heterocycles. The van der Waals surface area contributed by atoms with Crippen molar-refractivity contribution in [3.05, 3.63) is 65.9 Å². The van der Waals surface area contributed by atoms with E-state index in [1.165, 1.54) is 32.6 Å². The van der Waals surface area contributed by atoms with E-state index in [9.17, 15) is 18.0 Å². The number of aromatic nitrogens is 2. The zero-order valence-electron chi connectivity index (χ0n) is 15.8. The van der Waals surface area contributed by atoms with Crippen LogP contribution in [0.3, 0.4) is 0 Å². The van der Waals surface area contributed by atoms with Gasteiger partial charge in [-0.05, 0) is 18.2 Å². The van der Waals surface area contributed by atoms with Gasteiger partial charge in [-0.3, -0.25) is 0 Å². The number of para-hydroxylation sites is 1. The zero-order chi connectivity index (χ0) is 21.7. The third-order valence-corrected chi connectivity index (χ3v) is 4.47. The second kappa shape index (κ2) is 8.95. The minimum absolute atomic E-state index is 0.0940. The van der Waals surface area contributed by atoms with Crippen LogP contribution in [0.2, 0.25) is 0 Å². The van der Waals surface area contributed by atoms with Gasteiger partial charge < -0.3 is 14.2 Å². The number of benzene rings is 2. The largest absolute Gasteiger partial charge is 0.503 e. The van der Waals surface area contributed by atoms with Crippen LogP contribution >= 0.6 is 11.5 Å². The van der Waals surface area contributed by atoms with E-state index in [-0.39, 0.29) is 27.9 Å². The number of alkyl halides is 3. The summed E-state index contributed by atoms with van der Waals surface area (Å²) < 4.78 is 58.4. The number of carbonyl (C=O) groups is 1. The molecule has 0 amide bonds. The molecular weight excluding hydrogens is 421 g/mol. The molecule has 2 aromatic carbocycles. The summed E-state index contributed by atoms with van der Waals surface area (Å²) in [7, 11) is 2.62. The van der Waals surface area contributed by atoms with E-state index in [0.29, 0.717) is 5.56 Å². The third-order valence-electron chi connectivity index (χ3n) is 3.87. The lowest BCUT2D eigenvalue weighted by Gasteiger charge is -2.10. The lowest BCUT2D eigenvalue weighted by Crippen LogP contribution is -2.05. The maximum atomic E-state index is 12.9. The fourth-order valence-corrected chi connectivity index (χ4v) is 3.09. The van der Waals surface area contributed by atoms with Crippen LogP contribution in [0.15, 0.2) is 54.8 Å². The summed E-state index contributed by atoms with van der Waals surface area (Å²) in [6.45, 7) is 0. The summed E-state index contributed by atoms with van der Waals surface area (Å²) in [5, 5.41) is 0.0940. The van der Waals surface area contributed by atoms with Crippen LogP contribution in [-0.2, 0) is 20.4 Å².